The monoisotopic (exact) mass is 667 g/mol. The second-order valence-corrected chi connectivity index (χ2v) is 13.1. The Balaban J connectivity index is 1.33. The summed E-state index contributed by atoms with van der Waals surface area (Å²) >= 11 is 0. The van der Waals surface area contributed by atoms with Crippen LogP contribution in [-0.4, -0.2) is 66.9 Å². The van der Waals surface area contributed by atoms with E-state index in [4.69, 9.17) is 4.74 Å². The molecule has 49 heavy (non-hydrogen) atoms. The van der Waals surface area contributed by atoms with Crippen LogP contribution in [0.1, 0.15) is 60.8 Å². The molecule has 0 radical (unpaired) electrons. The third kappa shape index (κ3) is 11.2. The van der Waals surface area contributed by atoms with E-state index in [1.807, 2.05) is 85.8 Å². The lowest BCUT2D eigenvalue weighted by atomic mass is 9.94. The third-order valence-corrected chi connectivity index (χ3v) is 9.37. The minimum atomic E-state index is -1.12. The van der Waals surface area contributed by atoms with Crippen LogP contribution >= 0.6 is 0 Å². The first-order valence-electron chi connectivity index (χ1n) is 17.5. The Labute approximate surface area is 289 Å². The van der Waals surface area contributed by atoms with E-state index in [1.54, 1.807) is 4.90 Å². The van der Waals surface area contributed by atoms with Crippen molar-refractivity contribution >= 4 is 23.6 Å². The Morgan fingerprint density at radius 3 is 2.47 bits per heavy atom. The van der Waals surface area contributed by atoms with Crippen LogP contribution in [0.2, 0.25) is 0 Å². The van der Waals surface area contributed by atoms with Gasteiger partial charge in [-0.2, -0.15) is 0 Å². The van der Waals surface area contributed by atoms with Gasteiger partial charge in [-0.25, -0.2) is 0 Å². The van der Waals surface area contributed by atoms with Crippen molar-refractivity contribution in [1.82, 2.24) is 26.2 Å². The van der Waals surface area contributed by atoms with Gasteiger partial charge >= 0.3 is 0 Å². The second kappa shape index (κ2) is 18.2. The SMILES string of the molecule is Cc1ccc2cc1CNC(=O)[C@H](CCc1ccccc1)NC(=O)[C@@H](NC(=O)CCNCc1ccccc1)CC(=O)N1CCCC(CCO2)C1. The summed E-state index contributed by atoms with van der Waals surface area (Å²) in [7, 11) is 0. The zero-order valence-electron chi connectivity index (χ0n) is 28.4. The molecular weight excluding hydrogens is 618 g/mol. The summed E-state index contributed by atoms with van der Waals surface area (Å²) in [5.74, 6) is -0.402. The fourth-order valence-corrected chi connectivity index (χ4v) is 6.41. The number of benzene rings is 3. The molecule has 0 saturated carbocycles. The maximum atomic E-state index is 13.9. The van der Waals surface area contributed by atoms with E-state index in [1.165, 1.54) is 0 Å². The maximum Gasteiger partial charge on any atom is 0.243 e. The van der Waals surface area contributed by atoms with Gasteiger partial charge in [-0.05, 0) is 79.3 Å². The fourth-order valence-electron chi connectivity index (χ4n) is 6.41. The average Bonchev–Trinajstić information content (AvgIpc) is 3.12. The largest absolute Gasteiger partial charge is 0.494 e. The molecule has 1 saturated heterocycles. The second-order valence-electron chi connectivity index (χ2n) is 13.1. The van der Waals surface area contributed by atoms with Crippen LogP contribution in [0.25, 0.3) is 0 Å². The van der Waals surface area contributed by atoms with E-state index in [9.17, 15) is 19.2 Å². The van der Waals surface area contributed by atoms with Crippen LogP contribution in [0.15, 0.2) is 78.9 Å². The lowest BCUT2D eigenvalue weighted by Gasteiger charge is -2.34. The summed E-state index contributed by atoms with van der Waals surface area (Å²) in [4.78, 5) is 56.2. The molecule has 4 amide bonds. The van der Waals surface area contributed by atoms with Gasteiger partial charge in [0.25, 0.3) is 0 Å². The van der Waals surface area contributed by atoms with Crippen LogP contribution in [0.3, 0.4) is 0 Å². The Bertz CT molecular complexity index is 1550. The first-order chi connectivity index (χ1) is 23.8. The molecule has 3 atom stereocenters. The molecule has 4 bridgehead atoms. The molecule has 2 heterocycles. The number of amides is 4. The number of hydrogen-bond donors (Lipinski definition) is 4. The Kier molecular flexibility index (Phi) is 13.2. The molecule has 4 N–H and O–H groups in total. The van der Waals surface area contributed by atoms with E-state index in [0.29, 0.717) is 45.6 Å². The predicted octanol–water partition coefficient (Wildman–Crippen LogP) is 3.80. The van der Waals surface area contributed by atoms with Crippen molar-refractivity contribution < 1.29 is 23.9 Å². The number of hydrogen-bond acceptors (Lipinski definition) is 6. The highest BCUT2D eigenvalue weighted by atomic mass is 16.5. The van der Waals surface area contributed by atoms with Gasteiger partial charge in [-0.1, -0.05) is 66.7 Å². The molecule has 2 aliphatic heterocycles. The Morgan fingerprint density at radius 2 is 1.69 bits per heavy atom. The molecule has 1 unspecified atom stereocenters. The standard InChI is InChI=1S/C39H49N5O5/c1-28-14-16-33-23-32(28)26-41-38(47)34(17-15-29-9-4-2-5-10-29)43-39(48)35(24-37(46)44-21-8-13-31(27-44)19-22-49-33)42-36(45)18-20-40-25-30-11-6-3-7-12-30/h2-7,9-12,14,16,23,31,34-35,40H,8,13,15,17-22,24-27H2,1H3,(H,41,47)(H,42,45)(H,43,48)/t31?,34-,35-/m0/s1. The number of fused-ring (bicyclic) bond motifs is 4. The van der Waals surface area contributed by atoms with Crippen molar-refractivity contribution in [3.63, 3.8) is 0 Å². The Morgan fingerprint density at radius 1 is 0.939 bits per heavy atom. The van der Waals surface area contributed by atoms with E-state index < -0.39 is 18.0 Å². The van der Waals surface area contributed by atoms with Gasteiger partial charge < -0.3 is 30.9 Å². The quantitative estimate of drug-likeness (QED) is 0.257. The number of aryl methyl sites for hydroxylation is 2. The normalized spacial score (nSPS) is 20.6. The molecule has 3 aromatic rings. The van der Waals surface area contributed by atoms with Crippen molar-refractivity contribution in [1.29, 1.82) is 0 Å². The molecule has 3 aromatic carbocycles. The number of rotatable bonds is 9. The number of carbonyl (C=O) groups is 4. The molecule has 260 valence electrons. The first-order valence-corrected chi connectivity index (χ1v) is 17.5. The summed E-state index contributed by atoms with van der Waals surface area (Å²) in [5, 5.41) is 12.0. The lowest BCUT2D eigenvalue weighted by molar-refractivity contribution is -0.138. The predicted molar refractivity (Wildman–Crippen MR) is 188 cm³/mol. The topological polar surface area (TPSA) is 129 Å². The maximum absolute atomic E-state index is 13.9. The number of piperidine rings is 1. The Hall–Kier alpha value is -4.70. The van der Waals surface area contributed by atoms with E-state index in [2.05, 4.69) is 21.3 Å². The van der Waals surface area contributed by atoms with Crippen LogP contribution < -0.4 is 26.0 Å². The highest BCUT2D eigenvalue weighted by molar-refractivity contribution is 5.95. The van der Waals surface area contributed by atoms with Crippen LogP contribution in [0.4, 0.5) is 0 Å². The molecule has 2 aliphatic rings. The molecule has 10 nitrogen and oxygen atoms in total. The van der Waals surface area contributed by atoms with Gasteiger partial charge in [-0.15, -0.1) is 0 Å². The van der Waals surface area contributed by atoms with Crippen LogP contribution in [0.5, 0.6) is 5.75 Å². The summed E-state index contributed by atoms with van der Waals surface area (Å²) in [6.07, 6.45) is 3.50. The van der Waals surface area contributed by atoms with Gasteiger partial charge in [0.1, 0.15) is 17.8 Å². The van der Waals surface area contributed by atoms with E-state index >= 15 is 0 Å². The first kappa shape index (κ1) is 35.6. The van der Waals surface area contributed by atoms with E-state index in [-0.39, 0.29) is 43.0 Å². The van der Waals surface area contributed by atoms with Crippen molar-refractivity contribution in [2.45, 2.75) is 77.0 Å². The van der Waals surface area contributed by atoms with Crippen molar-refractivity contribution in [2.75, 3.05) is 26.2 Å². The molecule has 5 rings (SSSR count). The van der Waals surface area contributed by atoms with Gasteiger partial charge in [0.05, 0.1) is 13.0 Å². The summed E-state index contributed by atoms with van der Waals surface area (Å²) in [6, 6.07) is 23.5. The van der Waals surface area contributed by atoms with Crippen molar-refractivity contribution in [3.05, 3.63) is 101 Å². The van der Waals surface area contributed by atoms with Gasteiger partial charge in [-0.3, -0.25) is 19.2 Å². The highest BCUT2D eigenvalue weighted by Gasteiger charge is 2.32. The summed E-state index contributed by atoms with van der Waals surface area (Å²) < 4.78 is 6.12. The van der Waals surface area contributed by atoms with E-state index in [0.717, 1.165) is 47.3 Å². The van der Waals surface area contributed by atoms with Gasteiger partial charge in [0.2, 0.25) is 23.6 Å². The van der Waals surface area contributed by atoms with Crippen LogP contribution in [-0.2, 0) is 38.7 Å². The zero-order chi connectivity index (χ0) is 34.4. The molecule has 1 fully saturated rings. The highest BCUT2D eigenvalue weighted by Crippen LogP contribution is 2.23. The number of carbonyl (C=O) groups excluding carboxylic acids is 4. The molecular formula is C39H49N5O5. The number of nitrogens with one attached hydrogen (secondary N) is 4. The van der Waals surface area contributed by atoms with Crippen molar-refractivity contribution in [2.24, 2.45) is 5.92 Å². The average molecular weight is 668 g/mol. The minimum absolute atomic E-state index is 0.132. The van der Waals surface area contributed by atoms with Gasteiger partial charge in [0.15, 0.2) is 0 Å². The van der Waals surface area contributed by atoms with Crippen molar-refractivity contribution in [3.8, 4) is 5.75 Å². The summed E-state index contributed by atoms with van der Waals surface area (Å²) in [5.41, 5.74) is 4.09. The third-order valence-electron chi connectivity index (χ3n) is 9.37. The smallest absolute Gasteiger partial charge is 0.243 e. The summed E-state index contributed by atoms with van der Waals surface area (Å²) in [6.45, 7) is 4.97. The molecule has 0 aliphatic carbocycles. The molecule has 0 aromatic heterocycles. The van der Waals surface area contributed by atoms with Gasteiger partial charge in [0, 0.05) is 39.1 Å². The minimum Gasteiger partial charge on any atom is -0.494 e. The number of nitrogens with zero attached hydrogens (tertiary/aromatic N) is 1. The fraction of sp³-hybridized carbons (Fsp3) is 0.436. The van der Waals surface area contributed by atoms with Crippen LogP contribution in [0, 0.1) is 12.8 Å². The number of ether oxygens (including phenoxy) is 1. The zero-order valence-corrected chi connectivity index (χ0v) is 28.4. The molecule has 10 heteroatoms. The molecule has 0 spiro atoms. The lowest BCUT2D eigenvalue weighted by Crippen LogP contribution is -2.55.